The lowest BCUT2D eigenvalue weighted by atomic mass is 10.2. The maximum absolute atomic E-state index is 10.9. The molecule has 0 amide bonds. The molecule has 21 heavy (non-hydrogen) atoms. The molecule has 2 aromatic rings. The standard InChI is InChI=1S/C12H8BrN3O4S/c1-6-8(16(19)20)5-15-11(10(6)13)21-9-4-7(12(17)18)2-3-14-9/h2-5H,1H3,(H,17,18). The average Bonchev–Trinajstić information content (AvgIpc) is 2.44. The van der Waals surface area contributed by atoms with Gasteiger partial charge < -0.3 is 5.11 Å². The molecular weight excluding hydrogens is 362 g/mol. The molecule has 0 aliphatic rings. The molecule has 0 saturated heterocycles. The summed E-state index contributed by atoms with van der Waals surface area (Å²) in [6, 6.07) is 2.80. The highest BCUT2D eigenvalue weighted by Crippen LogP contribution is 2.36. The van der Waals surface area contributed by atoms with Crippen LogP contribution in [0.2, 0.25) is 0 Å². The van der Waals surface area contributed by atoms with Crippen molar-refractivity contribution in [2.75, 3.05) is 0 Å². The molecule has 1 N–H and O–H groups in total. The molecule has 7 nitrogen and oxygen atoms in total. The quantitative estimate of drug-likeness (QED) is 0.650. The van der Waals surface area contributed by atoms with Crippen LogP contribution in [-0.2, 0) is 0 Å². The van der Waals surface area contributed by atoms with Crippen molar-refractivity contribution in [3.8, 4) is 0 Å². The monoisotopic (exact) mass is 369 g/mol. The number of rotatable bonds is 4. The molecule has 0 spiro atoms. The van der Waals surface area contributed by atoms with Crippen molar-refractivity contribution in [2.24, 2.45) is 0 Å². The average molecular weight is 370 g/mol. The van der Waals surface area contributed by atoms with E-state index in [2.05, 4.69) is 25.9 Å². The second kappa shape index (κ2) is 6.19. The zero-order valence-electron chi connectivity index (χ0n) is 10.6. The number of nitro groups is 1. The number of hydrogen-bond donors (Lipinski definition) is 1. The summed E-state index contributed by atoms with van der Waals surface area (Å²) in [5, 5.41) is 20.7. The van der Waals surface area contributed by atoms with Crippen molar-refractivity contribution < 1.29 is 14.8 Å². The first-order valence-electron chi connectivity index (χ1n) is 5.57. The number of carbonyl (C=O) groups is 1. The van der Waals surface area contributed by atoms with Crippen molar-refractivity contribution in [1.29, 1.82) is 0 Å². The SMILES string of the molecule is Cc1c([N+](=O)[O-])cnc(Sc2cc(C(=O)O)ccn2)c1Br. The zero-order valence-corrected chi connectivity index (χ0v) is 13.0. The van der Waals surface area contributed by atoms with Gasteiger partial charge in [0.25, 0.3) is 5.69 Å². The zero-order chi connectivity index (χ0) is 15.6. The van der Waals surface area contributed by atoms with E-state index in [1.54, 1.807) is 6.92 Å². The van der Waals surface area contributed by atoms with E-state index in [9.17, 15) is 14.9 Å². The van der Waals surface area contributed by atoms with Crippen LogP contribution in [0.5, 0.6) is 0 Å². The molecule has 2 aromatic heterocycles. The van der Waals surface area contributed by atoms with Crippen molar-refractivity contribution in [3.63, 3.8) is 0 Å². The van der Waals surface area contributed by atoms with Gasteiger partial charge in [-0.3, -0.25) is 10.1 Å². The van der Waals surface area contributed by atoms with Gasteiger partial charge in [-0.05, 0) is 46.7 Å². The summed E-state index contributed by atoms with van der Waals surface area (Å²) in [6.45, 7) is 1.61. The van der Waals surface area contributed by atoms with Gasteiger partial charge in [0.1, 0.15) is 16.2 Å². The highest BCUT2D eigenvalue weighted by molar-refractivity contribution is 9.10. The third-order valence-electron chi connectivity index (χ3n) is 2.59. The topological polar surface area (TPSA) is 106 Å². The van der Waals surface area contributed by atoms with Crippen LogP contribution >= 0.6 is 27.7 Å². The van der Waals surface area contributed by atoms with Crippen LogP contribution in [0.1, 0.15) is 15.9 Å². The van der Waals surface area contributed by atoms with E-state index < -0.39 is 10.9 Å². The molecule has 0 aliphatic heterocycles. The van der Waals surface area contributed by atoms with Crippen LogP contribution in [0.15, 0.2) is 39.1 Å². The Balaban J connectivity index is 2.36. The molecule has 2 rings (SSSR count). The fourth-order valence-corrected chi connectivity index (χ4v) is 2.89. The minimum atomic E-state index is -1.05. The summed E-state index contributed by atoms with van der Waals surface area (Å²) in [7, 11) is 0. The van der Waals surface area contributed by atoms with E-state index in [0.717, 1.165) is 11.8 Å². The summed E-state index contributed by atoms with van der Waals surface area (Å²) in [6.07, 6.45) is 2.56. The van der Waals surface area contributed by atoms with Crippen LogP contribution in [0.4, 0.5) is 5.69 Å². The number of carboxylic acid groups (broad SMARTS) is 1. The fraction of sp³-hybridized carbons (Fsp3) is 0.0833. The molecule has 2 heterocycles. The van der Waals surface area contributed by atoms with E-state index in [1.165, 1.54) is 24.5 Å². The Bertz CT molecular complexity index is 738. The van der Waals surface area contributed by atoms with E-state index in [4.69, 9.17) is 5.11 Å². The van der Waals surface area contributed by atoms with E-state index >= 15 is 0 Å². The predicted octanol–water partition coefficient (Wildman–Crippen LogP) is 3.31. The van der Waals surface area contributed by atoms with Crippen molar-refractivity contribution in [3.05, 3.63) is 50.2 Å². The second-order valence-electron chi connectivity index (χ2n) is 3.93. The third-order valence-corrected chi connectivity index (χ3v) is 4.75. The summed E-state index contributed by atoms with van der Waals surface area (Å²) < 4.78 is 0.490. The fourth-order valence-electron chi connectivity index (χ4n) is 1.50. The lowest BCUT2D eigenvalue weighted by Crippen LogP contribution is -1.98. The van der Waals surface area contributed by atoms with Gasteiger partial charge in [-0.15, -0.1) is 0 Å². The second-order valence-corrected chi connectivity index (χ2v) is 5.74. The Morgan fingerprint density at radius 2 is 2.19 bits per heavy atom. The van der Waals surface area contributed by atoms with Gasteiger partial charge in [0.05, 0.1) is 15.0 Å². The van der Waals surface area contributed by atoms with Crippen molar-refractivity contribution >= 4 is 39.3 Å². The molecule has 0 aliphatic carbocycles. The Morgan fingerprint density at radius 3 is 2.81 bits per heavy atom. The predicted molar refractivity (Wildman–Crippen MR) is 78.6 cm³/mol. The van der Waals surface area contributed by atoms with Gasteiger partial charge in [-0.1, -0.05) is 0 Å². The molecule has 0 unspecified atom stereocenters. The van der Waals surface area contributed by atoms with E-state index in [0.29, 0.717) is 20.1 Å². The third kappa shape index (κ3) is 3.37. The largest absolute Gasteiger partial charge is 0.478 e. The smallest absolute Gasteiger partial charge is 0.335 e. The molecule has 0 bridgehead atoms. The number of carboxylic acids is 1. The van der Waals surface area contributed by atoms with Crippen LogP contribution in [0, 0.1) is 17.0 Å². The van der Waals surface area contributed by atoms with Crippen molar-refractivity contribution in [1.82, 2.24) is 9.97 Å². The van der Waals surface area contributed by atoms with Gasteiger partial charge in [0, 0.05) is 11.8 Å². The number of aromatic carboxylic acids is 1. The molecular formula is C12H8BrN3O4S. The Kier molecular flexibility index (Phi) is 4.53. The van der Waals surface area contributed by atoms with Gasteiger partial charge in [0.2, 0.25) is 0 Å². The Morgan fingerprint density at radius 1 is 1.48 bits per heavy atom. The molecule has 108 valence electrons. The number of nitrogens with zero attached hydrogens (tertiary/aromatic N) is 3. The minimum Gasteiger partial charge on any atom is -0.478 e. The molecule has 0 saturated carbocycles. The lowest BCUT2D eigenvalue weighted by Gasteiger charge is -2.06. The number of halogens is 1. The van der Waals surface area contributed by atoms with Gasteiger partial charge in [0.15, 0.2) is 0 Å². The first kappa shape index (κ1) is 15.4. The van der Waals surface area contributed by atoms with Crippen LogP contribution in [-0.4, -0.2) is 26.0 Å². The highest BCUT2D eigenvalue weighted by Gasteiger charge is 2.18. The molecule has 0 radical (unpaired) electrons. The summed E-state index contributed by atoms with van der Waals surface area (Å²) in [5.74, 6) is -1.05. The Labute approximate surface area is 131 Å². The first-order valence-corrected chi connectivity index (χ1v) is 7.17. The van der Waals surface area contributed by atoms with E-state index in [-0.39, 0.29) is 11.3 Å². The van der Waals surface area contributed by atoms with Gasteiger partial charge in [-0.25, -0.2) is 14.8 Å². The molecule has 0 atom stereocenters. The van der Waals surface area contributed by atoms with Crippen LogP contribution < -0.4 is 0 Å². The normalized spacial score (nSPS) is 10.4. The lowest BCUT2D eigenvalue weighted by molar-refractivity contribution is -0.385. The van der Waals surface area contributed by atoms with E-state index in [1.807, 2.05) is 0 Å². The summed E-state index contributed by atoms with van der Waals surface area (Å²) >= 11 is 4.40. The highest BCUT2D eigenvalue weighted by atomic mass is 79.9. The maximum atomic E-state index is 10.9. The number of pyridine rings is 2. The maximum Gasteiger partial charge on any atom is 0.335 e. The van der Waals surface area contributed by atoms with Crippen molar-refractivity contribution in [2.45, 2.75) is 17.0 Å². The summed E-state index contributed by atoms with van der Waals surface area (Å²) in [4.78, 5) is 29.3. The molecule has 0 aromatic carbocycles. The molecule has 9 heteroatoms. The van der Waals surface area contributed by atoms with Crippen LogP contribution in [0.3, 0.4) is 0 Å². The van der Waals surface area contributed by atoms with Gasteiger partial charge >= 0.3 is 5.97 Å². The first-order chi connectivity index (χ1) is 9.90. The van der Waals surface area contributed by atoms with Gasteiger partial charge in [-0.2, -0.15) is 0 Å². The number of aromatic nitrogens is 2. The van der Waals surface area contributed by atoms with Crippen LogP contribution in [0.25, 0.3) is 0 Å². The number of hydrogen-bond acceptors (Lipinski definition) is 6. The summed E-state index contributed by atoms with van der Waals surface area (Å²) in [5.41, 5.74) is 0.479. The molecule has 0 fully saturated rings. The Hall–Kier alpha value is -2.00. The minimum absolute atomic E-state index is 0.0847.